The van der Waals surface area contributed by atoms with Gasteiger partial charge in [0.15, 0.2) is 0 Å². The Kier molecular flexibility index (Phi) is 6.68. The highest BCUT2D eigenvalue weighted by atomic mass is 35.5. The average molecular weight is 540 g/mol. The molecule has 0 unspecified atom stereocenters. The van der Waals surface area contributed by atoms with Crippen LogP contribution < -0.4 is 10.2 Å². The number of piperidine rings is 1. The van der Waals surface area contributed by atoms with Gasteiger partial charge in [0.05, 0.1) is 45.8 Å². The normalized spacial score (nSPS) is 17.4. The Bertz CT molecular complexity index is 1650. The number of pyridine rings is 3. The van der Waals surface area contributed by atoms with Crippen LogP contribution in [0.5, 0.6) is 0 Å². The topological polar surface area (TPSA) is 109 Å². The molecule has 5 heterocycles. The molecule has 0 radical (unpaired) electrons. The number of nitrogens with zero attached hydrogens (tertiary/aromatic N) is 6. The summed E-state index contributed by atoms with van der Waals surface area (Å²) in [4.78, 5) is 28.9. The lowest BCUT2D eigenvalue weighted by molar-refractivity contribution is 0.0798. The number of carbonyl (C=O) groups is 1. The maximum absolute atomic E-state index is 12.7. The van der Waals surface area contributed by atoms with E-state index in [2.05, 4.69) is 15.4 Å². The van der Waals surface area contributed by atoms with E-state index in [1.54, 1.807) is 47.5 Å². The van der Waals surface area contributed by atoms with Crippen LogP contribution in [0.2, 0.25) is 5.02 Å². The molecular formula is C29H26ClN7O2. The molecule has 0 bridgehead atoms. The maximum Gasteiger partial charge on any atom is 0.253 e. The summed E-state index contributed by atoms with van der Waals surface area (Å²) in [5.41, 5.74) is 4.60. The van der Waals surface area contributed by atoms with Crippen molar-refractivity contribution in [1.82, 2.24) is 30.0 Å². The number of β-amino-alcohol motifs (C(OH)–C–C–N with tert-alkyl or cyclic N) is 1. The van der Waals surface area contributed by atoms with Crippen molar-refractivity contribution in [2.45, 2.75) is 18.6 Å². The van der Waals surface area contributed by atoms with E-state index in [1.807, 2.05) is 48.5 Å². The van der Waals surface area contributed by atoms with E-state index in [0.717, 1.165) is 39.2 Å². The first-order chi connectivity index (χ1) is 19.0. The van der Waals surface area contributed by atoms with Crippen LogP contribution in [0.15, 0.2) is 79.4 Å². The smallest absolute Gasteiger partial charge is 0.253 e. The number of aliphatic hydroxyl groups excluding tert-OH is 1. The summed E-state index contributed by atoms with van der Waals surface area (Å²) in [6.45, 7) is 0.986. The molecule has 1 saturated heterocycles. The number of hydrogen-bond donors (Lipinski definition) is 2. The average Bonchev–Trinajstić information content (AvgIpc) is 3.40. The van der Waals surface area contributed by atoms with E-state index in [1.165, 1.54) is 0 Å². The summed E-state index contributed by atoms with van der Waals surface area (Å²) in [6, 6.07) is 16.3. The van der Waals surface area contributed by atoms with Gasteiger partial charge in [0.2, 0.25) is 0 Å². The molecule has 0 saturated carbocycles. The quantitative estimate of drug-likeness (QED) is 0.346. The Morgan fingerprint density at radius 1 is 1.08 bits per heavy atom. The van der Waals surface area contributed by atoms with Gasteiger partial charge in [0.1, 0.15) is 5.82 Å². The third kappa shape index (κ3) is 5.06. The number of aliphatic hydroxyl groups is 1. The van der Waals surface area contributed by atoms with Crippen molar-refractivity contribution >= 4 is 34.2 Å². The van der Waals surface area contributed by atoms with Crippen LogP contribution in [0.4, 0.5) is 5.82 Å². The van der Waals surface area contributed by atoms with Gasteiger partial charge in [-0.1, -0.05) is 23.7 Å². The lowest BCUT2D eigenvalue weighted by Crippen LogP contribution is -2.54. The number of hydrogen-bond acceptors (Lipinski definition) is 7. The highest BCUT2D eigenvalue weighted by Gasteiger charge is 2.30. The lowest BCUT2D eigenvalue weighted by atomic mass is 10.0. The first-order valence-electron chi connectivity index (χ1n) is 12.7. The number of fused-ring (bicyclic) bond motifs is 1. The second-order valence-electron chi connectivity index (χ2n) is 9.60. The monoisotopic (exact) mass is 539 g/mol. The van der Waals surface area contributed by atoms with Crippen LogP contribution >= 0.6 is 11.6 Å². The van der Waals surface area contributed by atoms with E-state index in [4.69, 9.17) is 21.6 Å². The van der Waals surface area contributed by atoms with Crippen LogP contribution in [0, 0.1) is 0 Å². The van der Waals surface area contributed by atoms with Gasteiger partial charge in [-0.25, -0.2) is 9.97 Å². The van der Waals surface area contributed by atoms with Crippen molar-refractivity contribution in [2.24, 2.45) is 7.05 Å². The Morgan fingerprint density at radius 2 is 1.95 bits per heavy atom. The van der Waals surface area contributed by atoms with E-state index < -0.39 is 6.10 Å². The lowest BCUT2D eigenvalue weighted by Gasteiger charge is -2.37. The Morgan fingerprint density at radius 3 is 2.69 bits per heavy atom. The standard InChI is InChI=1S/C29H26ClN7O2/c1-36-16-19(15-33-36)24-13-25-21(6-4-11-31-25)28(34-24)18-8-9-27(32-14-18)37-12-10-23(26(38)17-37)35-29(39)20-5-2-3-7-22(20)30/h2-9,11,13-16,23,26,38H,10,12,17H2,1H3,(H,35,39)/t23-,26-/m0/s1. The van der Waals surface area contributed by atoms with Gasteiger partial charge < -0.3 is 15.3 Å². The summed E-state index contributed by atoms with van der Waals surface area (Å²) in [6.07, 6.45) is 7.11. The fraction of sp³-hybridized carbons (Fsp3) is 0.207. The first-order valence-corrected chi connectivity index (χ1v) is 13.0. The fourth-order valence-corrected chi connectivity index (χ4v) is 5.13. The Balaban J connectivity index is 1.20. The van der Waals surface area contributed by atoms with Crippen molar-refractivity contribution in [3.05, 3.63) is 90.0 Å². The Hall–Kier alpha value is -4.34. The first kappa shape index (κ1) is 25.0. The number of aryl methyl sites for hydroxylation is 1. The molecule has 1 amide bonds. The molecule has 1 aliphatic heterocycles. The van der Waals surface area contributed by atoms with Crippen molar-refractivity contribution in [1.29, 1.82) is 0 Å². The third-order valence-corrected chi connectivity index (χ3v) is 7.29. The minimum Gasteiger partial charge on any atom is -0.389 e. The molecule has 0 aliphatic carbocycles. The largest absolute Gasteiger partial charge is 0.389 e. The molecule has 9 nitrogen and oxygen atoms in total. The molecule has 6 rings (SSSR count). The minimum absolute atomic E-state index is 0.289. The molecule has 196 valence electrons. The molecule has 1 aliphatic rings. The summed E-state index contributed by atoms with van der Waals surface area (Å²) in [5.74, 6) is 0.461. The van der Waals surface area contributed by atoms with Gasteiger partial charge in [-0.3, -0.25) is 14.5 Å². The molecule has 5 aromatic rings. The SMILES string of the molecule is Cn1cc(-c2cc3ncccc3c(-c3ccc(N4CC[C@H](NC(=O)c5ccccc5Cl)[C@@H](O)C4)nc3)n2)cn1. The van der Waals surface area contributed by atoms with Crippen molar-refractivity contribution in [2.75, 3.05) is 18.0 Å². The molecule has 4 aromatic heterocycles. The van der Waals surface area contributed by atoms with Crippen molar-refractivity contribution < 1.29 is 9.90 Å². The van der Waals surface area contributed by atoms with Crippen LogP contribution in [0.25, 0.3) is 33.4 Å². The van der Waals surface area contributed by atoms with Crippen LogP contribution in [-0.4, -0.2) is 61.0 Å². The number of nitrogens with one attached hydrogen (secondary N) is 1. The van der Waals surface area contributed by atoms with Crippen molar-refractivity contribution in [3.8, 4) is 22.5 Å². The minimum atomic E-state index is -0.750. The van der Waals surface area contributed by atoms with Gasteiger partial charge >= 0.3 is 0 Å². The summed E-state index contributed by atoms with van der Waals surface area (Å²) >= 11 is 6.15. The molecule has 39 heavy (non-hydrogen) atoms. The number of carbonyl (C=O) groups excluding carboxylic acids is 1. The number of anilines is 1. The van der Waals surface area contributed by atoms with Crippen LogP contribution in [0.1, 0.15) is 16.8 Å². The molecule has 2 N–H and O–H groups in total. The number of amides is 1. The highest BCUT2D eigenvalue weighted by Crippen LogP contribution is 2.31. The zero-order chi connectivity index (χ0) is 26.9. The summed E-state index contributed by atoms with van der Waals surface area (Å²) in [5, 5.41) is 19.3. The number of rotatable bonds is 5. The van der Waals surface area contributed by atoms with E-state index >= 15 is 0 Å². The number of aromatic nitrogens is 5. The molecular weight excluding hydrogens is 514 g/mol. The zero-order valence-electron chi connectivity index (χ0n) is 21.2. The second-order valence-corrected chi connectivity index (χ2v) is 10.0. The van der Waals surface area contributed by atoms with Gasteiger partial charge in [0, 0.05) is 55.2 Å². The summed E-state index contributed by atoms with van der Waals surface area (Å²) in [7, 11) is 1.87. The highest BCUT2D eigenvalue weighted by molar-refractivity contribution is 6.33. The molecule has 0 spiro atoms. The summed E-state index contributed by atoms with van der Waals surface area (Å²) < 4.78 is 1.75. The van der Waals surface area contributed by atoms with Crippen LogP contribution in [-0.2, 0) is 7.05 Å². The van der Waals surface area contributed by atoms with Gasteiger partial charge in [-0.2, -0.15) is 5.10 Å². The zero-order valence-corrected chi connectivity index (χ0v) is 22.0. The van der Waals surface area contributed by atoms with Gasteiger partial charge in [0.25, 0.3) is 5.91 Å². The second kappa shape index (κ2) is 10.4. The number of halogens is 1. The molecule has 1 aromatic carbocycles. The van der Waals surface area contributed by atoms with E-state index in [-0.39, 0.29) is 11.9 Å². The van der Waals surface area contributed by atoms with E-state index in [0.29, 0.717) is 30.1 Å². The fourth-order valence-electron chi connectivity index (χ4n) is 4.91. The maximum atomic E-state index is 12.7. The van der Waals surface area contributed by atoms with Crippen LogP contribution in [0.3, 0.4) is 0 Å². The Labute approximate surface area is 230 Å². The predicted octanol–water partition coefficient (Wildman–Crippen LogP) is 4.12. The molecule has 1 fully saturated rings. The number of benzene rings is 1. The third-order valence-electron chi connectivity index (χ3n) is 6.96. The molecule has 2 atom stereocenters. The predicted molar refractivity (Wildman–Crippen MR) is 151 cm³/mol. The van der Waals surface area contributed by atoms with Gasteiger partial charge in [-0.15, -0.1) is 0 Å². The van der Waals surface area contributed by atoms with Crippen molar-refractivity contribution in [3.63, 3.8) is 0 Å². The van der Waals surface area contributed by atoms with E-state index in [9.17, 15) is 9.90 Å². The van der Waals surface area contributed by atoms with Gasteiger partial charge in [-0.05, 0) is 48.9 Å². The molecule has 10 heteroatoms.